The maximum atomic E-state index is 11.4. The number of amides is 3. The summed E-state index contributed by atoms with van der Waals surface area (Å²) in [5.74, 6) is -1.90. The Balaban J connectivity index is 2.47. The molecule has 0 aromatic carbocycles. The number of hydrogen-bond donors (Lipinski definition) is 2. The van der Waals surface area contributed by atoms with Gasteiger partial charge in [-0.25, -0.2) is 0 Å². The summed E-state index contributed by atoms with van der Waals surface area (Å²) in [5, 5.41) is 3.74. The van der Waals surface area contributed by atoms with Gasteiger partial charge in [0.25, 0.3) is 11.8 Å². The molecule has 0 aromatic rings. The summed E-state index contributed by atoms with van der Waals surface area (Å²) in [6.07, 6.45) is 0.755. The Morgan fingerprint density at radius 3 is 2.67 bits per heavy atom. The van der Waals surface area contributed by atoms with Gasteiger partial charge in [-0.05, 0) is 6.42 Å². The van der Waals surface area contributed by atoms with E-state index in [1.54, 1.807) is 0 Å². The number of hydrazine groups is 1. The number of nitrogens with zero attached hydrogens (tertiary/aromatic N) is 1. The molecule has 1 atom stereocenters. The van der Waals surface area contributed by atoms with E-state index in [-0.39, 0.29) is 18.2 Å². The predicted octanol–water partition coefficient (Wildman–Crippen LogP) is -0.978. The average Bonchev–Trinajstić information content (AvgIpc) is 2.42. The molecule has 0 aliphatic carbocycles. The van der Waals surface area contributed by atoms with Crippen molar-refractivity contribution in [2.45, 2.75) is 19.8 Å². The molecule has 0 aromatic heterocycles. The molecule has 0 spiro atoms. The van der Waals surface area contributed by atoms with Crippen molar-refractivity contribution >= 4 is 17.7 Å². The lowest BCUT2D eigenvalue weighted by Crippen LogP contribution is -2.31. The number of rotatable bonds is 4. The van der Waals surface area contributed by atoms with Crippen molar-refractivity contribution in [1.82, 2.24) is 15.8 Å². The average molecular weight is 213 g/mol. The van der Waals surface area contributed by atoms with Crippen LogP contribution in [0.25, 0.3) is 0 Å². The first-order chi connectivity index (χ1) is 7.06. The molecule has 1 aliphatic heterocycles. The molecule has 3 amide bonds. The van der Waals surface area contributed by atoms with Crippen LogP contribution in [0.4, 0.5) is 0 Å². The Kier molecular flexibility index (Phi) is 3.65. The lowest BCUT2D eigenvalue weighted by Gasteiger charge is -2.07. The second-order valence-electron chi connectivity index (χ2n) is 3.48. The molecule has 6 heteroatoms. The molecule has 0 radical (unpaired) electrons. The molecule has 1 saturated heterocycles. The van der Waals surface area contributed by atoms with Crippen LogP contribution < -0.4 is 10.7 Å². The first kappa shape index (κ1) is 11.5. The summed E-state index contributed by atoms with van der Waals surface area (Å²) in [6.45, 7) is 2.50. The maximum Gasteiger partial charge on any atom is 0.253 e. The van der Waals surface area contributed by atoms with Gasteiger partial charge in [-0.2, -0.15) is 0 Å². The highest BCUT2D eigenvalue weighted by molar-refractivity contribution is 6.07. The Morgan fingerprint density at radius 2 is 2.20 bits per heavy atom. The molecule has 84 valence electrons. The first-order valence-corrected chi connectivity index (χ1v) is 4.91. The van der Waals surface area contributed by atoms with Gasteiger partial charge >= 0.3 is 0 Å². The van der Waals surface area contributed by atoms with E-state index in [4.69, 9.17) is 0 Å². The molecule has 1 heterocycles. The van der Waals surface area contributed by atoms with Gasteiger partial charge in [0.15, 0.2) is 0 Å². The number of hydrogen-bond acceptors (Lipinski definition) is 3. The zero-order valence-electron chi connectivity index (χ0n) is 8.87. The standard InChI is InChI=1S/C9H15N3O3/c1-3-4-10-7(13)5-6-8(14)11-12(2)9(6)15/h6H,3-5H2,1-2H3,(H,10,13)(H,11,14). The highest BCUT2D eigenvalue weighted by atomic mass is 16.2. The second kappa shape index (κ2) is 4.77. The van der Waals surface area contributed by atoms with Gasteiger partial charge < -0.3 is 5.32 Å². The van der Waals surface area contributed by atoms with E-state index < -0.39 is 11.8 Å². The van der Waals surface area contributed by atoms with E-state index in [0.29, 0.717) is 6.54 Å². The Labute approximate surface area is 88.0 Å². The van der Waals surface area contributed by atoms with E-state index in [2.05, 4.69) is 10.7 Å². The van der Waals surface area contributed by atoms with Gasteiger partial charge in [-0.1, -0.05) is 6.92 Å². The molecule has 1 fully saturated rings. The fraction of sp³-hybridized carbons (Fsp3) is 0.667. The SMILES string of the molecule is CCCNC(=O)CC1C(=O)NN(C)C1=O. The van der Waals surface area contributed by atoms with Gasteiger partial charge in [-0.15, -0.1) is 0 Å². The van der Waals surface area contributed by atoms with Crippen LogP contribution in [0.2, 0.25) is 0 Å². The fourth-order valence-corrected chi connectivity index (χ4v) is 1.35. The van der Waals surface area contributed by atoms with Crippen LogP contribution in [0.5, 0.6) is 0 Å². The summed E-state index contributed by atoms with van der Waals surface area (Å²) < 4.78 is 0. The van der Waals surface area contributed by atoms with Crippen molar-refractivity contribution in [2.75, 3.05) is 13.6 Å². The van der Waals surface area contributed by atoms with Gasteiger partial charge in [0.1, 0.15) is 5.92 Å². The van der Waals surface area contributed by atoms with E-state index in [1.165, 1.54) is 7.05 Å². The summed E-state index contributed by atoms with van der Waals surface area (Å²) >= 11 is 0. The van der Waals surface area contributed by atoms with E-state index in [9.17, 15) is 14.4 Å². The fourth-order valence-electron chi connectivity index (χ4n) is 1.35. The lowest BCUT2D eigenvalue weighted by molar-refractivity contribution is -0.135. The van der Waals surface area contributed by atoms with Crippen LogP contribution in [0.1, 0.15) is 19.8 Å². The van der Waals surface area contributed by atoms with Crippen molar-refractivity contribution in [3.8, 4) is 0 Å². The molecule has 6 nitrogen and oxygen atoms in total. The van der Waals surface area contributed by atoms with Crippen LogP contribution in [0, 0.1) is 5.92 Å². The lowest BCUT2D eigenvalue weighted by atomic mass is 10.1. The summed E-state index contributed by atoms with van der Waals surface area (Å²) in [5.41, 5.74) is 2.34. The van der Waals surface area contributed by atoms with Crippen molar-refractivity contribution in [3.63, 3.8) is 0 Å². The van der Waals surface area contributed by atoms with Gasteiger partial charge in [0, 0.05) is 20.0 Å². The maximum absolute atomic E-state index is 11.4. The summed E-state index contributed by atoms with van der Waals surface area (Å²) in [6, 6.07) is 0. The summed E-state index contributed by atoms with van der Waals surface area (Å²) in [7, 11) is 1.46. The molecule has 1 aliphatic rings. The van der Waals surface area contributed by atoms with Crippen LogP contribution in [0.15, 0.2) is 0 Å². The van der Waals surface area contributed by atoms with Crippen LogP contribution in [-0.4, -0.2) is 36.3 Å². The van der Waals surface area contributed by atoms with Gasteiger partial charge in [0.05, 0.1) is 0 Å². The Hall–Kier alpha value is -1.59. The van der Waals surface area contributed by atoms with Crippen LogP contribution in [-0.2, 0) is 14.4 Å². The third-order valence-electron chi connectivity index (χ3n) is 2.18. The number of carbonyl (C=O) groups is 3. The number of carbonyl (C=O) groups excluding carboxylic acids is 3. The molecule has 0 bridgehead atoms. The van der Waals surface area contributed by atoms with Crippen molar-refractivity contribution in [2.24, 2.45) is 5.92 Å². The summed E-state index contributed by atoms with van der Waals surface area (Å²) in [4.78, 5) is 33.9. The molecule has 2 N–H and O–H groups in total. The third kappa shape index (κ3) is 2.68. The van der Waals surface area contributed by atoms with Crippen molar-refractivity contribution in [1.29, 1.82) is 0 Å². The molecular weight excluding hydrogens is 198 g/mol. The largest absolute Gasteiger partial charge is 0.356 e. The quantitative estimate of drug-likeness (QED) is 0.589. The van der Waals surface area contributed by atoms with Crippen molar-refractivity contribution < 1.29 is 14.4 Å². The highest BCUT2D eigenvalue weighted by Crippen LogP contribution is 2.12. The number of nitrogens with one attached hydrogen (secondary N) is 2. The second-order valence-corrected chi connectivity index (χ2v) is 3.48. The minimum absolute atomic E-state index is 0.0744. The smallest absolute Gasteiger partial charge is 0.253 e. The van der Waals surface area contributed by atoms with E-state index >= 15 is 0 Å². The van der Waals surface area contributed by atoms with Gasteiger partial charge in [0.2, 0.25) is 5.91 Å². The molecular formula is C9H15N3O3. The van der Waals surface area contributed by atoms with E-state index in [1.807, 2.05) is 6.92 Å². The Morgan fingerprint density at radius 1 is 1.53 bits per heavy atom. The van der Waals surface area contributed by atoms with Crippen LogP contribution in [0.3, 0.4) is 0 Å². The van der Waals surface area contributed by atoms with Crippen molar-refractivity contribution in [3.05, 3.63) is 0 Å². The minimum Gasteiger partial charge on any atom is -0.356 e. The molecule has 1 rings (SSSR count). The zero-order chi connectivity index (χ0) is 11.4. The molecule has 15 heavy (non-hydrogen) atoms. The van der Waals surface area contributed by atoms with Crippen LogP contribution >= 0.6 is 0 Å². The highest BCUT2D eigenvalue weighted by Gasteiger charge is 2.38. The Bertz CT molecular complexity index is 290. The molecule has 1 unspecified atom stereocenters. The topological polar surface area (TPSA) is 78.5 Å². The first-order valence-electron chi connectivity index (χ1n) is 4.91. The normalized spacial score (nSPS) is 20.4. The molecule has 0 saturated carbocycles. The minimum atomic E-state index is -0.869. The monoisotopic (exact) mass is 213 g/mol. The van der Waals surface area contributed by atoms with Gasteiger partial charge in [-0.3, -0.25) is 24.8 Å². The third-order valence-corrected chi connectivity index (χ3v) is 2.18. The predicted molar refractivity (Wildman–Crippen MR) is 52.3 cm³/mol. The van der Waals surface area contributed by atoms with E-state index in [0.717, 1.165) is 11.4 Å². The zero-order valence-corrected chi connectivity index (χ0v) is 8.87.